The molecule has 0 spiro atoms. The molecule has 0 saturated heterocycles. The van der Waals surface area contributed by atoms with Gasteiger partial charge in [-0.2, -0.15) is 0 Å². The molecule has 0 aliphatic heterocycles. The Bertz CT molecular complexity index is 352. The van der Waals surface area contributed by atoms with E-state index in [0.29, 0.717) is 0 Å². The summed E-state index contributed by atoms with van der Waals surface area (Å²) in [7, 11) is 0. The van der Waals surface area contributed by atoms with Crippen molar-refractivity contribution in [3.05, 3.63) is 35.4 Å². The molecule has 1 fully saturated rings. The van der Waals surface area contributed by atoms with E-state index in [2.05, 4.69) is 38.1 Å². The zero-order valence-corrected chi connectivity index (χ0v) is 11.0. The predicted molar refractivity (Wildman–Crippen MR) is 72.1 cm³/mol. The van der Waals surface area contributed by atoms with E-state index >= 15 is 0 Å². The van der Waals surface area contributed by atoms with Crippen LogP contribution in [0.15, 0.2) is 24.3 Å². The highest BCUT2D eigenvalue weighted by molar-refractivity contribution is 5.30. The summed E-state index contributed by atoms with van der Waals surface area (Å²) in [5.74, 6) is 1.51. The second-order valence-corrected chi connectivity index (χ2v) is 5.78. The maximum absolute atomic E-state index is 10.2. The maximum atomic E-state index is 10.2. The van der Waals surface area contributed by atoms with Gasteiger partial charge in [-0.1, -0.05) is 51.0 Å². The summed E-state index contributed by atoms with van der Waals surface area (Å²) in [5.41, 5.74) is 2.53. The third-order valence-corrected chi connectivity index (χ3v) is 3.60. The van der Waals surface area contributed by atoms with Gasteiger partial charge in [0.2, 0.25) is 0 Å². The molecule has 94 valence electrons. The summed E-state index contributed by atoms with van der Waals surface area (Å²) < 4.78 is 0. The molecule has 1 unspecified atom stereocenters. The molecule has 1 atom stereocenters. The molecule has 17 heavy (non-hydrogen) atoms. The zero-order valence-electron chi connectivity index (χ0n) is 11.0. The summed E-state index contributed by atoms with van der Waals surface area (Å²) >= 11 is 0. The molecule has 1 nitrogen and oxygen atoms in total. The summed E-state index contributed by atoms with van der Waals surface area (Å²) in [6.07, 6.45) is 5.60. The molecule has 1 aliphatic carbocycles. The number of aliphatic hydroxyl groups excluding tert-OH is 1. The Hall–Kier alpha value is -0.820. The van der Waals surface area contributed by atoms with E-state index in [0.717, 1.165) is 30.2 Å². The number of benzene rings is 1. The van der Waals surface area contributed by atoms with Crippen molar-refractivity contribution in [2.24, 2.45) is 5.92 Å². The normalized spacial score (nSPS) is 17.4. The van der Waals surface area contributed by atoms with Crippen molar-refractivity contribution < 1.29 is 5.11 Å². The van der Waals surface area contributed by atoms with Crippen molar-refractivity contribution in [1.82, 2.24) is 0 Å². The van der Waals surface area contributed by atoms with Crippen molar-refractivity contribution in [1.29, 1.82) is 0 Å². The fourth-order valence-electron chi connectivity index (χ4n) is 2.32. The van der Waals surface area contributed by atoms with Gasteiger partial charge in [0, 0.05) is 0 Å². The molecular weight excluding hydrogens is 208 g/mol. The molecule has 0 heterocycles. The van der Waals surface area contributed by atoms with E-state index in [9.17, 15) is 5.11 Å². The first-order valence-corrected chi connectivity index (χ1v) is 6.94. The van der Waals surface area contributed by atoms with Crippen LogP contribution in [0.4, 0.5) is 0 Å². The van der Waals surface area contributed by atoms with Gasteiger partial charge in [0.05, 0.1) is 6.10 Å². The van der Waals surface area contributed by atoms with Crippen LogP contribution >= 0.6 is 0 Å². The number of aliphatic hydroxyl groups is 1. The Balaban J connectivity index is 1.89. The minimum absolute atomic E-state index is 0.271. The lowest BCUT2D eigenvalue weighted by Gasteiger charge is -2.13. The quantitative estimate of drug-likeness (QED) is 0.769. The zero-order chi connectivity index (χ0) is 12.3. The van der Waals surface area contributed by atoms with E-state index < -0.39 is 0 Å². The van der Waals surface area contributed by atoms with E-state index in [1.807, 2.05) is 0 Å². The largest absolute Gasteiger partial charge is 0.388 e. The average Bonchev–Trinajstić information content (AvgIpc) is 3.12. The van der Waals surface area contributed by atoms with Gasteiger partial charge in [-0.25, -0.2) is 0 Å². The Labute approximate surface area is 105 Å². The lowest BCUT2D eigenvalue weighted by Crippen LogP contribution is -1.99. The van der Waals surface area contributed by atoms with Crippen LogP contribution in [0.2, 0.25) is 0 Å². The highest BCUT2D eigenvalue weighted by atomic mass is 16.3. The molecule has 0 aromatic heterocycles. The van der Waals surface area contributed by atoms with Gasteiger partial charge in [-0.05, 0) is 42.2 Å². The van der Waals surface area contributed by atoms with Crippen molar-refractivity contribution in [2.75, 3.05) is 0 Å². The molecule has 0 radical (unpaired) electrons. The third kappa shape index (κ3) is 3.85. The van der Waals surface area contributed by atoms with Crippen LogP contribution in [0.3, 0.4) is 0 Å². The first kappa shape index (κ1) is 12.6. The molecule has 1 aliphatic rings. The molecule has 0 bridgehead atoms. The molecule has 2 rings (SSSR count). The van der Waals surface area contributed by atoms with Crippen molar-refractivity contribution >= 4 is 0 Å². The SMILES string of the molecule is CC(C)CCCC(O)c1cccc(C2CC2)c1. The predicted octanol–water partition coefficient (Wildman–Crippen LogP) is 4.42. The molecule has 1 saturated carbocycles. The Kier molecular flexibility index (Phi) is 4.22. The van der Waals surface area contributed by atoms with Crippen LogP contribution in [0, 0.1) is 5.92 Å². The molecule has 1 aromatic carbocycles. The lowest BCUT2D eigenvalue weighted by atomic mass is 9.98. The standard InChI is InChI=1S/C16H24O/c1-12(2)5-3-8-16(17)15-7-4-6-14(11-15)13-9-10-13/h4,6-7,11-13,16-17H,3,5,8-10H2,1-2H3. The lowest BCUT2D eigenvalue weighted by molar-refractivity contribution is 0.162. The molecule has 1 heteroatoms. The van der Waals surface area contributed by atoms with Crippen molar-refractivity contribution in [3.8, 4) is 0 Å². The fraction of sp³-hybridized carbons (Fsp3) is 0.625. The molecule has 1 aromatic rings. The summed E-state index contributed by atoms with van der Waals surface area (Å²) in [6.45, 7) is 4.47. The second kappa shape index (κ2) is 5.68. The molecule has 0 amide bonds. The monoisotopic (exact) mass is 232 g/mol. The van der Waals surface area contributed by atoms with Gasteiger partial charge in [-0.3, -0.25) is 0 Å². The van der Waals surface area contributed by atoms with Gasteiger partial charge in [0.25, 0.3) is 0 Å². The number of hydrogen-bond donors (Lipinski definition) is 1. The first-order chi connectivity index (χ1) is 8.16. The average molecular weight is 232 g/mol. The van der Waals surface area contributed by atoms with Crippen molar-refractivity contribution in [3.63, 3.8) is 0 Å². The Morgan fingerprint density at radius 2 is 2.00 bits per heavy atom. The minimum Gasteiger partial charge on any atom is -0.388 e. The summed E-state index contributed by atoms with van der Waals surface area (Å²) in [6, 6.07) is 8.56. The number of hydrogen-bond acceptors (Lipinski definition) is 1. The Morgan fingerprint density at radius 3 is 2.65 bits per heavy atom. The van der Waals surface area contributed by atoms with Gasteiger partial charge in [0.15, 0.2) is 0 Å². The Morgan fingerprint density at radius 1 is 1.24 bits per heavy atom. The van der Waals surface area contributed by atoms with Crippen LogP contribution in [0.5, 0.6) is 0 Å². The first-order valence-electron chi connectivity index (χ1n) is 6.94. The maximum Gasteiger partial charge on any atom is 0.0790 e. The summed E-state index contributed by atoms with van der Waals surface area (Å²) in [4.78, 5) is 0. The second-order valence-electron chi connectivity index (χ2n) is 5.78. The van der Waals surface area contributed by atoms with Crippen LogP contribution in [-0.4, -0.2) is 5.11 Å². The smallest absolute Gasteiger partial charge is 0.0790 e. The third-order valence-electron chi connectivity index (χ3n) is 3.60. The van der Waals surface area contributed by atoms with Gasteiger partial charge in [0.1, 0.15) is 0 Å². The van der Waals surface area contributed by atoms with Crippen molar-refractivity contribution in [2.45, 2.75) is 58.0 Å². The van der Waals surface area contributed by atoms with E-state index in [1.165, 1.54) is 24.8 Å². The van der Waals surface area contributed by atoms with Crippen LogP contribution in [0.25, 0.3) is 0 Å². The van der Waals surface area contributed by atoms with E-state index in [-0.39, 0.29) is 6.10 Å². The fourth-order valence-corrected chi connectivity index (χ4v) is 2.32. The van der Waals surface area contributed by atoms with E-state index in [1.54, 1.807) is 0 Å². The molecule has 1 N–H and O–H groups in total. The minimum atomic E-state index is -0.271. The van der Waals surface area contributed by atoms with E-state index in [4.69, 9.17) is 0 Å². The van der Waals surface area contributed by atoms with Gasteiger partial charge < -0.3 is 5.11 Å². The highest BCUT2D eigenvalue weighted by Crippen LogP contribution is 2.40. The number of rotatable bonds is 6. The van der Waals surface area contributed by atoms with Crippen LogP contribution < -0.4 is 0 Å². The van der Waals surface area contributed by atoms with Crippen LogP contribution in [-0.2, 0) is 0 Å². The highest BCUT2D eigenvalue weighted by Gasteiger charge is 2.23. The van der Waals surface area contributed by atoms with Crippen LogP contribution in [0.1, 0.15) is 69.1 Å². The van der Waals surface area contributed by atoms with Gasteiger partial charge >= 0.3 is 0 Å². The summed E-state index contributed by atoms with van der Waals surface area (Å²) in [5, 5.41) is 10.2. The molecular formula is C16H24O. The van der Waals surface area contributed by atoms with Gasteiger partial charge in [-0.15, -0.1) is 0 Å². The topological polar surface area (TPSA) is 20.2 Å².